The van der Waals surface area contributed by atoms with E-state index in [9.17, 15) is 4.79 Å². The van der Waals surface area contributed by atoms with Crippen LogP contribution in [0.15, 0.2) is 42.5 Å². The van der Waals surface area contributed by atoms with Crippen molar-refractivity contribution >= 4 is 34.8 Å². The molecule has 2 aromatic carbocycles. The lowest BCUT2D eigenvalue weighted by Gasteiger charge is -2.19. The molecule has 0 aromatic heterocycles. The van der Waals surface area contributed by atoms with Crippen molar-refractivity contribution in [3.63, 3.8) is 0 Å². The van der Waals surface area contributed by atoms with Gasteiger partial charge in [0.05, 0.1) is 0 Å². The first kappa shape index (κ1) is 17.6. The van der Waals surface area contributed by atoms with Gasteiger partial charge in [0, 0.05) is 15.7 Å². The quantitative estimate of drug-likeness (QED) is 0.810. The predicted octanol–water partition coefficient (Wildman–Crippen LogP) is 5.31. The topological polar surface area (TPSA) is 38.3 Å². The molecule has 1 amide bonds. The number of halogens is 2. The molecule has 0 unspecified atom stereocenters. The van der Waals surface area contributed by atoms with E-state index < -0.39 is 0 Å². The molecule has 122 valence electrons. The monoisotopic (exact) mass is 351 g/mol. The summed E-state index contributed by atoms with van der Waals surface area (Å²) in [5.74, 6) is 0.375. The van der Waals surface area contributed by atoms with Crippen molar-refractivity contribution in [1.29, 1.82) is 0 Å². The molecule has 1 N–H and O–H groups in total. The van der Waals surface area contributed by atoms with Crippen LogP contribution in [0.3, 0.4) is 0 Å². The van der Waals surface area contributed by atoms with Crippen molar-refractivity contribution in [2.75, 3.05) is 11.9 Å². The van der Waals surface area contributed by atoms with Gasteiger partial charge in [0.25, 0.3) is 5.91 Å². The van der Waals surface area contributed by atoms with Crippen LogP contribution in [0.2, 0.25) is 10.0 Å². The summed E-state index contributed by atoms with van der Waals surface area (Å²) in [5, 5.41) is 3.63. The van der Waals surface area contributed by atoms with Gasteiger partial charge in [-0.05, 0) is 41.3 Å². The third kappa shape index (κ3) is 5.45. The van der Waals surface area contributed by atoms with E-state index in [1.807, 2.05) is 24.3 Å². The minimum Gasteiger partial charge on any atom is -0.484 e. The van der Waals surface area contributed by atoms with Gasteiger partial charge in [-0.3, -0.25) is 4.79 Å². The Balaban J connectivity index is 1.91. The largest absolute Gasteiger partial charge is 0.484 e. The van der Waals surface area contributed by atoms with Gasteiger partial charge in [-0.25, -0.2) is 0 Å². The average Bonchev–Trinajstić information content (AvgIpc) is 2.43. The molecule has 0 saturated heterocycles. The standard InChI is InChI=1S/C18H19Cl2NO2/c1-18(2,3)12-4-6-16(7-5-12)23-11-17(22)21-15-9-13(19)8-14(20)10-15/h4-10H,11H2,1-3H3,(H,21,22). The van der Waals surface area contributed by atoms with E-state index in [0.29, 0.717) is 21.5 Å². The summed E-state index contributed by atoms with van der Waals surface area (Å²) in [7, 11) is 0. The van der Waals surface area contributed by atoms with Crippen LogP contribution in [0.5, 0.6) is 5.75 Å². The molecule has 0 saturated carbocycles. The normalized spacial score (nSPS) is 11.2. The summed E-state index contributed by atoms with van der Waals surface area (Å²) in [4.78, 5) is 11.9. The molecule has 0 radical (unpaired) electrons. The second-order valence-corrected chi connectivity index (χ2v) is 7.14. The SMILES string of the molecule is CC(C)(C)c1ccc(OCC(=O)Nc2cc(Cl)cc(Cl)c2)cc1. The zero-order valence-corrected chi connectivity index (χ0v) is 14.8. The highest BCUT2D eigenvalue weighted by Gasteiger charge is 2.13. The van der Waals surface area contributed by atoms with E-state index in [2.05, 4.69) is 26.1 Å². The maximum atomic E-state index is 11.9. The number of carbonyl (C=O) groups is 1. The van der Waals surface area contributed by atoms with Gasteiger partial charge in [-0.1, -0.05) is 56.1 Å². The molecule has 0 aliphatic rings. The number of ether oxygens (including phenoxy) is 1. The second-order valence-electron chi connectivity index (χ2n) is 6.27. The predicted molar refractivity (Wildman–Crippen MR) is 95.7 cm³/mol. The first-order valence-electron chi connectivity index (χ1n) is 7.23. The van der Waals surface area contributed by atoms with Crippen molar-refractivity contribution < 1.29 is 9.53 Å². The fourth-order valence-electron chi connectivity index (χ4n) is 2.02. The highest BCUT2D eigenvalue weighted by Crippen LogP contribution is 2.24. The first-order chi connectivity index (χ1) is 10.7. The van der Waals surface area contributed by atoms with Crippen LogP contribution in [-0.4, -0.2) is 12.5 Å². The highest BCUT2D eigenvalue weighted by atomic mass is 35.5. The Labute approximate surface area is 146 Å². The lowest BCUT2D eigenvalue weighted by atomic mass is 9.87. The fourth-order valence-corrected chi connectivity index (χ4v) is 2.55. The molecule has 23 heavy (non-hydrogen) atoms. The van der Waals surface area contributed by atoms with Gasteiger partial charge in [-0.2, -0.15) is 0 Å². The van der Waals surface area contributed by atoms with Crippen LogP contribution in [0, 0.1) is 0 Å². The van der Waals surface area contributed by atoms with Gasteiger partial charge >= 0.3 is 0 Å². The zero-order valence-electron chi connectivity index (χ0n) is 13.3. The highest BCUT2D eigenvalue weighted by molar-refractivity contribution is 6.35. The van der Waals surface area contributed by atoms with Crippen LogP contribution in [0.4, 0.5) is 5.69 Å². The molecule has 0 heterocycles. The van der Waals surface area contributed by atoms with E-state index >= 15 is 0 Å². The average molecular weight is 352 g/mol. The van der Waals surface area contributed by atoms with Crippen molar-refractivity contribution in [2.45, 2.75) is 26.2 Å². The Hall–Kier alpha value is -1.71. The van der Waals surface area contributed by atoms with E-state index in [1.165, 1.54) is 5.56 Å². The Bertz CT molecular complexity index is 671. The minimum atomic E-state index is -0.275. The molecule has 2 aromatic rings. The first-order valence-corrected chi connectivity index (χ1v) is 7.99. The van der Waals surface area contributed by atoms with Crippen LogP contribution in [0.1, 0.15) is 26.3 Å². The summed E-state index contributed by atoms with van der Waals surface area (Å²) in [5.41, 5.74) is 1.84. The van der Waals surface area contributed by atoms with Gasteiger partial charge < -0.3 is 10.1 Å². The van der Waals surface area contributed by atoms with Crippen LogP contribution in [0.25, 0.3) is 0 Å². The molecule has 0 bridgehead atoms. The number of amides is 1. The van der Waals surface area contributed by atoms with E-state index in [1.54, 1.807) is 18.2 Å². The molecule has 0 spiro atoms. The Morgan fingerprint density at radius 2 is 1.61 bits per heavy atom. The van der Waals surface area contributed by atoms with E-state index in [0.717, 1.165) is 0 Å². The van der Waals surface area contributed by atoms with E-state index in [4.69, 9.17) is 27.9 Å². The summed E-state index contributed by atoms with van der Waals surface area (Å²) in [6.45, 7) is 6.35. The summed E-state index contributed by atoms with van der Waals surface area (Å²) in [6.07, 6.45) is 0. The van der Waals surface area contributed by atoms with Crippen molar-refractivity contribution in [2.24, 2.45) is 0 Å². The van der Waals surface area contributed by atoms with Crippen LogP contribution >= 0.6 is 23.2 Å². The van der Waals surface area contributed by atoms with Gasteiger partial charge in [0.2, 0.25) is 0 Å². The number of anilines is 1. The van der Waals surface area contributed by atoms with Crippen LogP contribution < -0.4 is 10.1 Å². The lowest BCUT2D eigenvalue weighted by molar-refractivity contribution is -0.118. The summed E-state index contributed by atoms with van der Waals surface area (Å²) in [6, 6.07) is 12.6. The molecule has 5 heteroatoms. The summed E-state index contributed by atoms with van der Waals surface area (Å²) >= 11 is 11.8. The maximum Gasteiger partial charge on any atom is 0.262 e. The smallest absolute Gasteiger partial charge is 0.262 e. The molecule has 0 fully saturated rings. The lowest BCUT2D eigenvalue weighted by Crippen LogP contribution is -2.20. The van der Waals surface area contributed by atoms with E-state index in [-0.39, 0.29) is 17.9 Å². The molecule has 0 aliphatic heterocycles. The number of hydrogen-bond acceptors (Lipinski definition) is 2. The Morgan fingerprint density at radius 3 is 2.13 bits per heavy atom. The van der Waals surface area contributed by atoms with Crippen molar-refractivity contribution in [3.8, 4) is 5.75 Å². The Morgan fingerprint density at radius 1 is 1.04 bits per heavy atom. The van der Waals surface area contributed by atoms with Crippen LogP contribution in [-0.2, 0) is 10.2 Å². The minimum absolute atomic E-state index is 0.0843. The van der Waals surface area contributed by atoms with Gasteiger partial charge in [-0.15, -0.1) is 0 Å². The van der Waals surface area contributed by atoms with Crippen molar-refractivity contribution in [1.82, 2.24) is 0 Å². The number of hydrogen-bond donors (Lipinski definition) is 1. The molecule has 0 atom stereocenters. The van der Waals surface area contributed by atoms with Crippen molar-refractivity contribution in [3.05, 3.63) is 58.1 Å². The number of benzene rings is 2. The number of nitrogens with one attached hydrogen (secondary N) is 1. The molecule has 2 rings (SSSR count). The molecule has 0 aliphatic carbocycles. The number of rotatable bonds is 4. The molecule has 3 nitrogen and oxygen atoms in total. The van der Waals surface area contributed by atoms with Gasteiger partial charge in [0.15, 0.2) is 6.61 Å². The maximum absolute atomic E-state index is 11.9. The van der Waals surface area contributed by atoms with Gasteiger partial charge in [0.1, 0.15) is 5.75 Å². The Kier molecular flexibility index (Phi) is 5.55. The number of carbonyl (C=O) groups excluding carboxylic acids is 1. The third-order valence-electron chi connectivity index (χ3n) is 3.24. The molecular formula is C18H19Cl2NO2. The second kappa shape index (κ2) is 7.24. The molecular weight excluding hydrogens is 333 g/mol. The third-order valence-corrected chi connectivity index (χ3v) is 3.67. The zero-order chi connectivity index (χ0) is 17.0. The summed E-state index contributed by atoms with van der Waals surface area (Å²) < 4.78 is 5.49. The fraction of sp³-hybridized carbons (Fsp3) is 0.278.